The van der Waals surface area contributed by atoms with Gasteiger partial charge >= 0.3 is 17.9 Å². The Balaban J connectivity index is 3.90. The van der Waals surface area contributed by atoms with Crippen LogP contribution in [0.1, 0.15) is 98.3 Å². The van der Waals surface area contributed by atoms with E-state index in [9.17, 15) is 14.4 Å². The topological polar surface area (TPSA) is 78.9 Å². The predicted octanol–water partition coefficient (Wildman–Crippen LogP) is 4.89. The van der Waals surface area contributed by atoms with Crippen molar-refractivity contribution < 1.29 is 28.9 Å². The molecule has 0 radical (unpaired) electrons. The summed E-state index contributed by atoms with van der Waals surface area (Å²) < 4.78 is 4.88. The van der Waals surface area contributed by atoms with Gasteiger partial charge in [-0.3, -0.25) is 4.79 Å². The van der Waals surface area contributed by atoms with Gasteiger partial charge in [0, 0.05) is 0 Å². The highest BCUT2D eigenvalue weighted by Gasteiger charge is 2.44. The van der Waals surface area contributed by atoms with Gasteiger partial charge in [-0.1, -0.05) is 65.2 Å². The molecule has 0 saturated carbocycles. The fraction of sp³-hybridized carbons (Fsp3) is 0.850. The van der Waals surface area contributed by atoms with E-state index in [2.05, 4.69) is 16.7 Å². The highest BCUT2D eigenvalue weighted by atomic mass is 17.2. The molecule has 0 bridgehead atoms. The zero-order valence-electron chi connectivity index (χ0n) is 16.9. The molecular weight excluding hydrogens is 336 g/mol. The Hall–Kier alpha value is -1.59. The molecule has 0 saturated heterocycles. The number of ether oxygens (including phenoxy) is 1. The molecule has 1 atom stereocenters. The fourth-order valence-electron chi connectivity index (χ4n) is 2.46. The van der Waals surface area contributed by atoms with Crippen molar-refractivity contribution in [2.75, 3.05) is 6.61 Å². The SMILES string of the molecule is CCCCCCCCCCCC(=O)OOC(=O)C(C)(CC)C(=O)OCC. The van der Waals surface area contributed by atoms with Crippen LogP contribution in [-0.2, 0) is 28.9 Å². The van der Waals surface area contributed by atoms with Crippen LogP contribution < -0.4 is 0 Å². The zero-order chi connectivity index (χ0) is 19.8. The Labute approximate surface area is 157 Å². The van der Waals surface area contributed by atoms with Gasteiger partial charge in [-0.2, -0.15) is 0 Å². The molecule has 0 aromatic rings. The van der Waals surface area contributed by atoms with Crippen LogP contribution in [0.25, 0.3) is 0 Å². The normalized spacial score (nSPS) is 12.9. The smallest absolute Gasteiger partial charge is 0.372 e. The zero-order valence-corrected chi connectivity index (χ0v) is 16.9. The summed E-state index contributed by atoms with van der Waals surface area (Å²) >= 11 is 0. The molecule has 26 heavy (non-hydrogen) atoms. The molecule has 6 nitrogen and oxygen atoms in total. The van der Waals surface area contributed by atoms with Gasteiger partial charge in [-0.05, 0) is 26.7 Å². The minimum atomic E-state index is -1.46. The van der Waals surface area contributed by atoms with Crippen LogP contribution in [0.4, 0.5) is 0 Å². The molecule has 0 heterocycles. The third-order valence-electron chi connectivity index (χ3n) is 4.58. The molecule has 0 aliphatic rings. The van der Waals surface area contributed by atoms with E-state index in [1.165, 1.54) is 45.4 Å². The summed E-state index contributed by atoms with van der Waals surface area (Å²) in [4.78, 5) is 44.7. The average Bonchev–Trinajstić information content (AvgIpc) is 2.64. The van der Waals surface area contributed by atoms with Gasteiger partial charge in [0.2, 0.25) is 0 Å². The molecule has 0 aromatic carbocycles. The van der Waals surface area contributed by atoms with E-state index in [-0.39, 0.29) is 19.4 Å². The van der Waals surface area contributed by atoms with Gasteiger partial charge in [-0.25, -0.2) is 19.4 Å². The maximum absolute atomic E-state index is 12.0. The Morgan fingerprint density at radius 2 is 1.27 bits per heavy atom. The van der Waals surface area contributed by atoms with Crippen molar-refractivity contribution in [2.45, 2.75) is 98.3 Å². The first-order valence-corrected chi connectivity index (χ1v) is 10.0. The molecule has 0 aliphatic carbocycles. The molecule has 0 spiro atoms. The minimum Gasteiger partial charge on any atom is -0.465 e. The van der Waals surface area contributed by atoms with Crippen LogP contribution in [0.2, 0.25) is 0 Å². The van der Waals surface area contributed by atoms with Gasteiger partial charge in [0.25, 0.3) is 0 Å². The molecular formula is C20H36O6. The van der Waals surface area contributed by atoms with Crippen molar-refractivity contribution in [1.82, 2.24) is 0 Å². The first-order chi connectivity index (χ1) is 12.4. The first kappa shape index (κ1) is 24.4. The van der Waals surface area contributed by atoms with Gasteiger partial charge in [0.05, 0.1) is 13.0 Å². The van der Waals surface area contributed by atoms with Crippen molar-refractivity contribution >= 4 is 17.9 Å². The molecule has 152 valence electrons. The van der Waals surface area contributed by atoms with Crippen LogP contribution in [-0.4, -0.2) is 24.5 Å². The lowest BCUT2D eigenvalue weighted by atomic mass is 9.88. The van der Waals surface area contributed by atoms with Gasteiger partial charge in [0.1, 0.15) is 0 Å². The lowest BCUT2D eigenvalue weighted by Gasteiger charge is -2.21. The lowest BCUT2D eigenvalue weighted by molar-refractivity contribution is -0.266. The average molecular weight is 373 g/mol. The molecule has 0 rings (SSSR count). The van der Waals surface area contributed by atoms with E-state index in [4.69, 9.17) is 4.74 Å². The van der Waals surface area contributed by atoms with Crippen LogP contribution >= 0.6 is 0 Å². The molecule has 0 N–H and O–H groups in total. The number of hydrogen-bond donors (Lipinski definition) is 0. The molecule has 0 fully saturated rings. The summed E-state index contributed by atoms with van der Waals surface area (Å²) in [6.45, 7) is 7.12. The number of carbonyl (C=O) groups excluding carboxylic acids is 3. The van der Waals surface area contributed by atoms with E-state index < -0.39 is 23.3 Å². The Kier molecular flexibility index (Phi) is 13.7. The maximum atomic E-state index is 12.0. The number of rotatable bonds is 14. The monoisotopic (exact) mass is 372 g/mol. The number of carbonyl (C=O) groups is 3. The standard InChI is InChI=1S/C20H36O6/c1-5-8-9-10-11-12-13-14-15-16-17(21)25-26-19(23)20(4,6-2)18(22)24-7-3/h5-16H2,1-4H3. The molecule has 6 heteroatoms. The van der Waals surface area contributed by atoms with Crippen LogP contribution in [0.3, 0.4) is 0 Å². The second-order valence-corrected chi connectivity index (χ2v) is 6.81. The van der Waals surface area contributed by atoms with Gasteiger partial charge in [-0.15, -0.1) is 0 Å². The van der Waals surface area contributed by atoms with E-state index >= 15 is 0 Å². The summed E-state index contributed by atoms with van der Waals surface area (Å²) in [6, 6.07) is 0. The fourth-order valence-corrected chi connectivity index (χ4v) is 2.46. The van der Waals surface area contributed by atoms with E-state index in [0.717, 1.165) is 12.8 Å². The second kappa shape index (κ2) is 14.6. The van der Waals surface area contributed by atoms with E-state index in [1.807, 2.05) is 0 Å². The van der Waals surface area contributed by atoms with Crippen molar-refractivity contribution in [2.24, 2.45) is 5.41 Å². The van der Waals surface area contributed by atoms with Crippen LogP contribution in [0.15, 0.2) is 0 Å². The number of esters is 1. The highest BCUT2D eigenvalue weighted by Crippen LogP contribution is 2.25. The molecule has 0 amide bonds. The third kappa shape index (κ3) is 9.78. The Bertz CT molecular complexity index is 421. The second-order valence-electron chi connectivity index (χ2n) is 6.81. The third-order valence-corrected chi connectivity index (χ3v) is 4.58. The lowest BCUT2D eigenvalue weighted by Crippen LogP contribution is -2.39. The van der Waals surface area contributed by atoms with Crippen molar-refractivity contribution in [3.8, 4) is 0 Å². The summed E-state index contributed by atoms with van der Waals surface area (Å²) in [7, 11) is 0. The quantitative estimate of drug-likeness (QED) is 0.142. The molecule has 0 aromatic heterocycles. The van der Waals surface area contributed by atoms with Crippen LogP contribution in [0, 0.1) is 5.41 Å². The number of hydrogen-bond acceptors (Lipinski definition) is 6. The summed E-state index contributed by atoms with van der Waals surface area (Å²) in [6.07, 6.45) is 10.7. The van der Waals surface area contributed by atoms with Crippen molar-refractivity contribution in [3.63, 3.8) is 0 Å². The van der Waals surface area contributed by atoms with E-state index in [0.29, 0.717) is 6.42 Å². The van der Waals surface area contributed by atoms with Gasteiger partial charge < -0.3 is 4.74 Å². The Morgan fingerprint density at radius 1 is 0.731 bits per heavy atom. The summed E-state index contributed by atoms with van der Waals surface area (Å²) in [5, 5.41) is 0. The minimum absolute atomic E-state index is 0.167. The summed E-state index contributed by atoms with van der Waals surface area (Å²) in [5.74, 6) is -2.18. The summed E-state index contributed by atoms with van der Waals surface area (Å²) in [5.41, 5.74) is -1.46. The highest BCUT2D eigenvalue weighted by molar-refractivity contribution is 5.99. The van der Waals surface area contributed by atoms with Crippen molar-refractivity contribution in [1.29, 1.82) is 0 Å². The van der Waals surface area contributed by atoms with Crippen LogP contribution in [0.5, 0.6) is 0 Å². The first-order valence-electron chi connectivity index (χ1n) is 10.0. The van der Waals surface area contributed by atoms with Crippen molar-refractivity contribution in [3.05, 3.63) is 0 Å². The number of unbranched alkanes of at least 4 members (excludes halogenated alkanes) is 8. The van der Waals surface area contributed by atoms with E-state index in [1.54, 1.807) is 13.8 Å². The largest absolute Gasteiger partial charge is 0.465 e. The molecule has 0 aliphatic heterocycles. The van der Waals surface area contributed by atoms with Gasteiger partial charge in [0.15, 0.2) is 5.41 Å². The maximum Gasteiger partial charge on any atom is 0.372 e. The Morgan fingerprint density at radius 3 is 1.77 bits per heavy atom. The molecule has 1 unspecified atom stereocenters. The predicted molar refractivity (Wildman–Crippen MR) is 99.1 cm³/mol.